The third-order valence-electron chi connectivity index (χ3n) is 10.9. The molecule has 0 aliphatic rings. The first-order valence-electron chi connectivity index (χ1n) is 19.6. The van der Waals surface area contributed by atoms with E-state index in [2.05, 4.69) is 174 Å². The Morgan fingerprint density at radius 2 is 0.847 bits per heavy atom. The minimum atomic E-state index is 0.681. The Balaban J connectivity index is 1.01. The molecule has 0 atom stereocenters. The van der Waals surface area contributed by atoms with Crippen molar-refractivity contribution in [3.63, 3.8) is 0 Å². The molecule has 6 heteroatoms. The summed E-state index contributed by atoms with van der Waals surface area (Å²) in [6.07, 6.45) is 0. The molecule has 0 saturated heterocycles. The predicted octanol–water partition coefficient (Wildman–Crippen LogP) is 13.9. The molecule has 0 saturated carbocycles. The van der Waals surface area contributed by atoms with Crippen LogP contribution in [-0.4, -0.2) is 23.7 Å². The number of hydrogen-bond acceptors (Lipinski definition) is 6. The first kappa shape index (κ1) is 34.6. The van der Waals surface area contributed by atoms with Gasteiger partial charge in [0.15, 0.2) is 5.82 Å². The van der Waals surface area contributed by atoms with Crippen LogP contribution in [0.2, 0.25) is 0 Å². The minimum Gasteiger partial charge on any atom is -0.247 e. The Labute approximate surface area is 345 Å². The van der Waals surface area contributed by atoms with Crippen molar-refractivity contribution in [2.24, 2.45) is 0 Å². The zero-order chi connectivity index (χ0) is 39.1. The summed E-state index contributed by atoms with van der Waals surface area (Å²) in [7, 11) is 0. The standard InChI is InChI=1S/C53H33N5S/c1-4-13-34(14-5-1)41-30-42(35-15-6-2-7-16-35)32-43(31-41)49-33-48(55-53(56-49)38-17-8-3-9-18-38)40-20-12-19-39(29-40)36-23-25-37(26-24-36)51-45-27-28-47-52(58-59-57-47)50(45)44-21-10-11-22-46(44)54-51/h1-33H. The van der Waals surface area contributed by atoms with Crippen molar-refractivity contribution >= 4 is 44.4 Å². The van der Waals surface area contributed by atoms with Gasteiger partial charge in [-0.15, -0.1) is 0 Å². The fourth-order valence-corrected chi connectivity index (χ4v) is 8.56. The van der Waals surface area contributed by atoms with Crippen LogP contribution in [0.5, 0.6) is 0 Å². The number of fused-ring (bicyclic) bond motifs is 5. The molecule has 0 fully saturated rings. The van der Waals surface area contributed by atoms with Crippen LogP contribution in [0.25, 0.3) is 111 Å². The van der Waals surface area contributed by atoms with Crippen LogP contribution in [0, 0.1) is 0 Å². The van der Waals surface area contributed by atoms with Crippen LogP contribution in [-0.2, 0) is 0 Å². The maximum Gasteiger partial charge on any atom is 0.160 e. The molecule has 0 N–H and O–H groups in total. The highest BCUT2D eigenvalue weighted by Gasteiger charge is 2.17. The quantitative estimate of drug-likeness (QED) is 0.151. The van der Waals surface area contributed by atoms with E-state index < -0.39 is 0 Å². The Hall–Kier alpha value is -7.67. The average molecular weight is 772 g/mol. The zero-order valence-corrected chi connectivity index (χ0v) is 32.5. The Kier molecular flexibility index (Phi) is 8.60. The second-order valence-corrected chi connectivity index (χ2v) is 15.1. The van der Waals surface area contributed by atoms with Gasteiger partial charge in [0.25, 0.3) is 0 Å². The molecule has 0 radical (unpaired) electrons. The predicted molar refractivity (Wildman–Crippen MR) is 244 cm³/mol. The molecule has 8 aromatic carbocycles. The topological polar surface area (TPSA) is 64.5 Å². The molecule has 3 aromatic heterocycles. The van der Waals surface area contributed by atoms with Crippen LogP contribution < -0.4 is 0 Å². The molecule has 0 aliphatic heterocycles. The second kappa shape index (κ2) is 14.7. The molecule has 276 valence electrons. The highest BCUT2D eigenvalue weighted by Crippen LogP contribution is 2.38. The molecular formula is C53H33N5S. The molecule has 11 aromatic rings. The van der Waals surface area contributed by atoms with Gasteiger partial charge in [-0.3, -0.25) is 0 Å². The summed E-state index contributed by atoms with van der Waals surface area (Å²) in [6, 6.07) is 70.0. The van der Waals surface area contributed by atoms with E-state index in [0.717, 1.165) is 105 Å². The third-order valence-corrected chi connectivity index (χ3v) is 11.5. The monoisotopic (exact) mass is 771 g/mol. The van der Waals surface area contributed by atoms with E-state index >= 15 is 0 Å². The van der Waals surface area contributed by atoms with Crippen molar-refractivity contribution < 1.29 is 0 Å². The minimum absolute atomic E-state index is 0.681. The third kappa shape index (κ3) is 6.52. The molecule has 59 heavy (non-hydrogen) atoms. The lowest BCUT2D eigenvalue weighted by atomic mass is 9.94. The van der Waals surface area contributed by atoms with Crippen molar-refractivity contribution in [3.05, 3.63) is 200 Å². The zero-order valence-electron chi connectivity index (χ0n) is 31.7. The molecule has 11 rings (SSSR count). The summed E-state index contributed by atoms with van der Waals surface area (Å²) in [6.45, 7) is 0. The van der Waals surface area contributed by atoms with Gasteiger partial charge < -0.3 is 0 Å². The highest BCUT2D eigenvalue weighted by atomic mass is 32.1. The van der Waals surface area contributed by atoms with Crippen molar-refractivity contribution in [1.29, 1.82) is 0 Å². The molecule has 0 bridgehead atoms. The summed E-state index contributed by atoms with van der Waals surface area (Å²) in [4.78, 5) is 15.6. The van der Waals surface area contributed by atoms with Crippen molar-refractivity contribution in [2.75, 3.05) is 0 Å². The second-order valence-electron chi connectivity index (χ2n) is 14.6. The lowest BCUT2D eigenvalue weighted by Crippen LogP contribution is -1.97. The first-order chi connectivity index (χ1) is 29.2. The normalized spacial score (nSPS) is 11.4. The number of rotatable bonds is 7. The number of pyridine rings is 1. The van der Waals surface area contributed by atoms with Crippen LogP contribution in [0.4, 0.5) is 0 Å². The fraction of sp³-hybridized carbons (Fsp3) is 0. The van der Waals surface area contributed by atoms with Crippen LogP contribution in [0.3, 0.4) is 0 Å². The van der Waals surface area contributed by atoms with E-state index in [-0.39, 0.29) is 0 Å². The Morgan fingerprint density at radius 3 is 1.56 bits per heavy atom. The van der Waals surface area contributed by atoms with Gasteiger partial charge in [-0.1, -0.05) is 152 Å². The summed E-state index contributed by atoms with van der Waals surface area (Å²) in [5.41, 5.74) is 16.2. The van der Waals surface area contributed by atoms with Gasteiger partial charge in [0.2, 0.25) is 0 Å². The van der Waals surface area contributed by atoms with E-state index in [1.807, 2.05) is 30.3 Å². The summed E-state index contributed by atoms with van der Waals surface area (Å²) < 4.78 is 9.21. The summed E-state index contributed by atoms with van der Waals surface area (Å²) in [5.74, 6) is 0.681. The van der Waals surface area contributed by atoms with Crippen LogP contribution in [0.15, 0.2) is 200 Å². The number of hydrogen-bond donors (Lipinski definition) is 0. The number of nitrogens with zero attached hydrogens (tertiary/aromatic N) is 5. The number of benzene rings is 8. The highest BCUT2D eigenvalue weighted by molar-refractivity contribution is 7.00. The molecule has 0 aliphatic carbocycles. The Bertz CT molecular complexity index is 3250. The maximum atomic E-state index is 5.22. The average Bonchev–Trinajstić information content (AvgIpc) is 3.81. The molecular weight excluding hydrogens is 739 g/mol. The van der Waals surface area contributed by atoms with E-state index in [0.29, 0.717) is 5.82 Å². The first-order valence-corrected chi connectivity index (χ1v) is 20.3. The van der Waals surface area contributed by atoms with Crippen LogP contribution in [0.1, 0.15) is 0 Å². The van der Waals surface area contributed by atoms with Gasteiger partial charge in [0, 0.05) is 38.4 Å². The van der Waals surface area contributed by atoms with Gasteiger partial charge in [0.05, 0.1) is 34.3 Å². The van der Waals surface area contributed by atoms with Gasteiger partial charge in [-0.2, -0.15) is 8.75 Å². The molecule has 5 nitrogen and oxygen atoms in total. The van der Waals surface area contributed by atoms with Gasteiger partial charge >= 0.3 is 0 Å². The molecule has 0 amide bonds. The lowest BCUT2D eigenvalue weighted by Gasteiger charge is -2.14. The summed E-state index contributed by atoms with van der Waals surface area (Å²) in [5, 5.41) is 3.25. The smallest absolute Gasteiger partial charge is 0.160 e. The SMILES string of the molecule is c1ccc(-c2cc(-c3ccccc3)cc(-c3cc(-c4cccc(-c5ccc(-c6nc7ccccc7c7c6ccc6nsnc67)cc5)c4)nc(-c4ccccc4)n3)c2)cc1. The summed E-state index contributed by atoms with van der Waals surface area (Å²) >= 11 is 1.25. The van der Waals surface area contributed by atoms with E-state index in [1.165, 1.54) is 11.7 Å². The van der Waals surface area contributed by atoms with Crippen molar-refractivity contribution in [3.8, 4) is 78.5 Å². The van der Waals surface area contributed by atoms with Crippen molar-refractivity contribution in [2.45, 2.75) is 0 Å². The van der Waals surface area contributed by atoms with Crippen molar-refractivity contribution in [1.82, 2.24) is 23.7 Å². The molecule has 0 spiro atoms. The van der Waals surface area contributed by atoms with Gasteiger partial charge in [0.1, 0.15) is 11.0 Å². The van der Waals surface area contributed by atoms with Gasteiger partial charge in [-0.25, -0.2) is 15.0 Å². The van der Waals surface area contributed by atoms with E-state index in [1.54, 1.807) is 0 Å². The Morgan fingerprint density at radius 1 is 0.305 bits per heavy atom. The van der Waals surface area contributed by atoms with Crippen LogP contribution >= 0.6 is 11.7 Å². The van der Waals surface area contributed by atoms with Gasteiger partial charge in [-0.05, 0) is 81.9 Å². The molecule has 3 heterocycles. The molecule has 0 unspecified atom stereocenters. The largest absolute Gasteiger partial charge is 0.247 e. The lowest BCUT2D eigenvalue weighted by molar-refractivity contribution is 1.18. The fourth-order valence-electron chi connectivity index (χ4n) is 8.01. The van der Waals surface area contributed by atoms with E-state index in [9.17, 15) is 0 Å². The van der Waals surface area contributed by atoms with E-state index in [4.69, 9.17) is 19.3 Å². The number of aromatic nitrogens is 5. The maximum absolute atomic E-state index is 5.22. The number of para-hydroxylation sites is 1.